The number of furan rings is 1. The summed E-state index contributed by atoms with van der Waals surface area (Å²) in [6, 6.07) is 4.46. The third kappa shape index (κ3) is 3.70. The SMILES string of the molecule is COCCn1c(C)cc(C=C2C(=O)NC(=O)N(Cc3ccco3)C2=O)c1C. The molecule has 0 atom stereocenters. The summed E-state index contributed by atoms with van der Waals surface area (Å²) in [7, 11) is 1.63. The topological polar surface area (TPSA) is 93.8 Å². The van der Waals surface area contributed by atoms with Gasteiger partial charge in [0.1, 0.15) is 11.3 Å². The molecule has 2 aromatic rings. The second-order valence-electron chi connectivity index (χ2n) is 6.26. The number of hydrogen-bond donors (Lipinski definition) is 1. The van der Waals surface area contributed by atoms with Gasteiger partial charge >= 0.3 is 6.03 Å². The molecule has 1 N–H and O–H groups in total. The number of ether oxygens (including phenoxy) is 1. The third-order valence-corrected chi connectivity index (χ3v) is 4.51. The van der Waals surface area contributed by atoms with Gasteiger partial charge in [-0.05, 0) is 43.7 Å². The molecule has 1 aliphatic heterocycles. The minimum atomic E-state index is -0.760. The lowest BCUT2D eigenvalue weighted by molar-refractivity contribution is -0.130. The second-order valence-corrected chi connectivity index (χ2v) is 6.26. The van der Waals surface area contributed by atoms with Gasteiger partial charge in [0.2, 0.25) is 0 Å². The molecule has 4 amide bonds. The monoisotopic (exact) mass is 371 g/mol. The molecule has 0 aliphatic carbocycles. The molecule has 0 aromatic carbocycles. The molecule has 1 fully saturated rings. The molecular weight excluding hydrogens is 350 g/mol. The Kier molecular flexibility index (Phi) is 5.27. The maximum absolute atomic E-state index is 12.8. The van der Waals surface area contributed by atoms with E-state index < -0.39 is 17.8 Å². The molecule has 142 valence electrons. The first kappa shape index (κ1) is 18.7. The van der Waals surface area contributed by atoms with Crippen molar-refractivity contribution >= 4 is 23.9 Å². The van der Waals surface area contributed by atoms with E-state index in [-0.39, 0.29) is 12.1 Å². The van der Waals surface area contributed by atoms with Crippen molar-refractivity contribution in [2.45, 2.75) is 26.9 Å². The zero-order valence-electron chi connectivity index (χ0n) is 15.4. The predicted octanol–water partition coefficient (Wildman–Crippen LogP) is 2.01. The predicted molar refractivity (Wildman–Crippen MR) is 96.6 cm³/mol. The van der Waals surface area contributed by atoms with Gasteiger partial charge in [-0.3, -0.25) is 19.8 Å². The van der Waals surface area contributed by atoms with Gasteiger partial charge in [0, 0.05) is 25.0 Å². The van der Waals surface area contributed by atoms with Crippen molar-refractivity contribution < 1.29 is 23.5 Å². The van der Waals surface area contributed by atoms with Gasteiger partial charge in [-0.15, -0.1) is 0 Å². The van der Waals surface area contributed by atoms with Crippen LogP contribution in [0.3, 0.4) is 0 Å². The fourth-order valence-electron chi connectivity index (χ4n) is 3.05. The van der Waals surface area contributed by atoms with E-state index in [4.69, 9.17) is 9.15 Å². The summed E-state index contributed by atoms with van der Waals surface area (Å²) in [6.45, 7) is 5.03. The number of nitrogens with one attached hydrogen (secondary N) is 1. The number of aromatic nitrogens is 1. The van der Waals surface area contributed by atoms with Crippen molar-refractivity contribution in [3.63, 3.8) is 0 Å². The summed E-state index contributed by atoms with van der Waals surface area (Å²) in [5, 5.41) is 2.21. The minimum absolute atomic E-state index is 0.0465. The van der Waals surface area contributed by atoms with Gasteiger partial charge in [0.05, 0.1) is 19.4 Å². The van der Waals surface area contributed by atoms with Crippen LogP contribution in [0, 0.1) is 13.8 Å². The lowest BCUT2D eigenvalue weighted by atomic mass is 10.1. The smallest absolute Gasteiger partial charge is 0.331 e. The number of carbonyl (C=O) groups excluding carboxylic acids is 3. The number of aryl methyl sites for hydroxylation is 1. The summed E-state index contributed by atoms with van der Waals surface area (Å²) in [5.41, 5.74) is 2.55. The summed E-state index contributed by atoms with van der Waals surface area (Å²) < 4.78 is 12.4. The number of carbonyl (C=O) groups is 3. The molecule has 2 aromatic heterocycles. The molecule has 1 aliphatic rings. The van der Waals surface area contributed by atoms with E-state index in [1.54, 1.807) is 19.2 Å². The fraction of sp³-hybridized carbons (Fsp3) is 0.316. The van der Waals surface area contributed by atoms with Gasteiger partial charge < -0.3 is 13.7 Å². The minimum Gasteiger partial charge on any atom is -0.467 e. The highest BCUT2D eigenvalue weighted by atomic mass is 16.5. The Hall–Kier alpha value is -3.13. The van der Waals surface area contributed by atoms with Crippen molar-refractivity contribution in [1.29, 1.82) is 0 Å². The van der Waals surface area contributed by atoms with Crippen molar-refractivity contribution in [3.8, 4) is 0 Å². The molecular formula is C19H21N3O5. The van der Waals surface area contributed by atoms with Gasteiger partial charge in [-0.1, -0.05) is 0 Å². The van der Waals surface area contributed by atoms with Gasteiger partial charge in [-0.2, -0.15) is 0 Å². The van der Waals surface area contributed by atoms with E-state index in [9.17, 15) is 14.4 Å². The van der Waals surface area contributed by atoms with Crippen molar-refractivity contribution in [3.05, 3.63) is 52.7 Å². The zero-order chi connectivity index (χ0) is 19.6. The van der Waals surface area contributed by atoms with Crippen molar-refractivity contribution in [2.24, 2.45) is 0 Å². The maximum atomic E-state index is 12.8. The molecule has 1 saturated heterocycles. The van der Waals surface area contributed by atoms with Crippen LogP contribution in [0.15, 0.2) is 34.5 Å². The average molecular weight is 371 g/mol. The van der Waals surface area contributed by atoms with Crippen LogP contribution in [0.4, 0.5) is 4.79 Å². The number of methoxy groups -OCH3 is 1. The third-order valence-electron chi connectivity index (χ3n) is 4.51. The lowest BCUT2D eigenvalue weighted by Crippen LogP contribution is -2.53. The number of barbiturate groups is 1. The number of imide groups is 2. The van der Waals surface area contributed by atoms with Crippen LogP contribution in [-0.4, -0.2) is 41.0 Å². The highest BCUT2D eigenvalue weighted by Crippen LogP contribution is 2.21. The van der Waals surface area contributed by atoms with E-state index in [1.165, 1.54) is 12.3 Å². The summed E-state index contributed by atoms with van der Waals surface area (Å²) in [5.74, 6) is -0.908. The Morgan fingerprint density at radius 3 is 2.70 bits per heavy atom. The first-order valence-corrected chi connectivity index (χ1v) is 8.49. The fourth-order valence-corrected chi connectivity index (χ4v) is 3.05. The highest BCUT2D eigenvalue weighted by molar-refractivity contribution is 6.31. The first-order valence-electron chi connectivity index (χ1n) is 8.49. The normalized spacial score (nSPS) is 16.3. The van der Waals surface area contributed by atoms with Crippen LogP contribution < -0.4 is 5.32 Å². The van der Waals surface area contributed by atoms with Crippen LogP contribution in [0.5, 0.6) is 0 Å². The summed E-state index contributed by atoms with van der Waals surface area (Å²) in [6.07, 6.45) is 2.98. The molecule has 0 saturated carbocycles. The number of urea groups is 1. The van der Waals surface area contributed by atoms with Crippen LogP contribution in [0.25, 0.3) is 6.08 Å². The summed E-state index contributed by atoms with van der Waals surface area (Å²) in [4.78, 5) is 38.0. The molecule has 0 unspecified atom stereocenters. The number of rotatable bonds is 6. The molecule has 3 heterocycles. The van der Waals surface area contributed by atoms with Crippen molar-refractivity contribution in [1.82, 2.24) is 14.8 Å². The molecule has 3 rings (SSSR count). The molecule has 27 heavy (non-hydrogen) atoms. The molecule has 0 radical (unpaired) electrons. The maximum Gasteiger partial charge on any atom is 0.331 e. The molecule has 8 nitrogen and oxygen atoms in total. The second kappa shape index (κ2) is 7.63. The molecule has 0 spiro atoms. The van der Waals surface area contributed by atoms with E-state index >= 15 is 0 Å². The Morgan fingerprint density at radius 2 is 2.04 bits per heavy atom. The number of hydrogen-bond acceptors (Lipinski definition) is 5. The highest BCUT2D eigenvalue weighted by Gasteiger charge is 2.36. The van der Waals surface area contributed by atoms with E-state index in [0.29, 0.717) is 18.9 Å². The first-order chi connectivity index (χ1) is 12.9. The lowest BCUT2D eigenvalue weighted by Gasteiger charge is -2.25. The van der Waals surface area contributed by atoms with Crippen LogP contribution in [-0.2, 0) is 27.4 Å². The zero-order valence-corrected chi connectivity index (χ0v) is 15.4. The Labute approximate surface area is 156 Å². The van der Waals surface area contributed by atoms with E-state index in [2.05, 4.69) is 5.32 Å². The van der Waals surface area contributed by atoms with Gasteiger partial charge in [0.15, 0.2) is 0 Å². The van der Waals surface area contributed by atoms with Crippen LogP contribution in [0.2, 0.25) is 0 Å². The molecule has 0 bridgehead atoms. The standard InChI is InChI=1S/C19H21N3O5/c1-12-9-14(13(2)21(12)6-8-26-3)10-16-17(23)20-19(25)22(18(16)24)11-15-5-4-7-27-15/h4-5,7,9-10H,6,8,11H2,1-3H3,(H,20,23,25). The Bertz CT molecular complexity index is 908. The van der Waals surface area contributed by atoms with Gasteiger partial charge in [0.25, 0.3) is 11.8 Å². The molecule has 8 heteroatoms. The Morgan fingerprint density at radius 1 is 1.26 bits per heavy atom. The average Bonchev–Trinajstić information content (AvgIpc) is 3.22. The van der Waals surface area contributed by atoms with E-state index in [1.807, 2.05) is 24.5 Å². The van der Waals surface area contributed by atoms with Crippen molar-refractivity contribution in [2.75, 3.05) is 13.7 Å². The number of nitrogens with zero attached hydrogens (tertiary/aromatic N) is 2. The number of amides is 4. The van der Waals surface area contributed by atoms with Gasteiger partial charge in [-0.25, -0.2) is 4.79 Å². The van der Waals surface area contributed by atoms with Crippen LogP contribution in [0.1, 0.15) is 22.7 Å². The summed E-state index contributed by atoms with van der Waals surface area (Å²) >= 11 is 0. The van der Waals surface area contributed by atoms with E-state index in [0.717, 1.165) is 21.9 Å². The largest absolute Gasteiger partial charge is 0.467 e. The van der Waals surface area contributed by atoms with Crippen LogP contribution >= 0.6 is 0 Å². The Balaban J connectivity index is 1.91. The quantitative estimate of drug-likeness (QED) is 0.619.